The zero-order chi connectivity index (χ0) is 38.7. The fraction of sp³-hybridized carbons (Fsp3) is 0.915. The van der Waals surface area contributed by atoms with Gasteiger partial charge in [-0.3, -0.25) is 9.59 Å². The summed E-state index contributed by atoms with van der Waals surface area (Å²) in [5.41, 5.74) is 0. The molecule has 2 atom stereocenters. The first-order valence-electron chi connectivity index (χ1n) is 23.4. The average molecular weight is 750 g/mol. The minimum atomic E-state index is -0.672. The fourth-order valence-electron chi connectivity index (χ4n) is 7.15. The van der Waals surface area contributed by atoms with Gasteiger partial charge in [0, 0.05) is 12.8 Å². The van der Waals surface area contributed by atoms with E-state index >= 15 is 0 Å². The maximum atomic E-state index is 12.4. The Kier molecular flexibility index (Phi) is 42.2. The van der Waals surface area contributed by atoms with Crippen LogP contribution >= 0.6 is 0 Å². The van der Waals surface area contributed by atoms with Gasteiger partial charge in [0.15, 0.2) is 0 Å². The lowest BCUT2D eigenvalue weighted by atomic mass is 10.0. The van der Waals surface area contributed by atoms with Crippen molar-refractivity contribution in [3.05, 3.63) is 12.2 Å². The number of allylic oxidation sites excluding steroid dienone is 2. The molecule has 0 fully saturated rings. The Bertz CT molecular complexity index is 787. The van der Waals surface area contributed by atoms with E-state index in [-0.39, 0.29) is 18.5 Å². The average Bonchev–Trinajstić information content (AvgIpc) is 3.16. The normalized spacial score (nSPS) is 12.8. The van der Waals surface area contributed by atoms with Gasteiger partial charge in [0.2, 0.25) is 5.91 Å². The molecule has 0 aromatic rings. The van der Waals surface area contributed by atoms with Gasteiger partial charge in [0.1, 0.15) is 0 Å². The molecule has 0 aliphatic carbocycles. The number of esters is 1. The molecule has 0 heterocycles. The quantitative estimate of drug-likeness (QED) is 0.0328. The molecule has 0 spiro atoms. The van der Waals surface area contributed by atoms with E-state index in [1.54, 1.807) is 0 Å². The lowest BCUT2D eigenvalue weighted by Crippen LogP contribution is -2.45. The Hall–Kier alpha value is -1.40. The summed E-state index contributed by atoms with van der Waals surface area (Å²) in [6.07, 6.45) is 47.3. The van der Waals surface area contributed by atoms with Gasteiger partial charge < -0.3 is 20.3 Å². The number of nitrogens with one attached hydrogen (secondary N) is 1. The van der Waals surface area contributed by atoms with E-state index in [4.69, 9.17) is 4.74 Å². The third-order valence-electron chi connectivity index (χ3n) is 10.8. The van der Waals surface area contributed by atoms with Crippen LogP contribution in [0.15, 0.2) is 12.2 Å². The first-order chi connectivity index (χ1) is 26.0. The number of rotatable bonds is 43. The van der Waals surface area contributed by atoms with Gasteiger partial charge in [-0.1, -0.05) is 206 Å². The summed E-state index contributed by atoms with van der Waals surface area (Å²) in [5, 5.41) is 23.1. The van der Waals surface area contributed by atoms with Crippen molar-refractivity contribution in [2.75, 3.05) is 13.2 Å². The van der Waals surface area contributed by atoms with Crippen molar-refractivity contribution < 1.29 is 24.5 Å². The van der Waals surface area contributed by atoms with Crippen molar-refractivity contribution in [3.63, 3.8) is 0 Å². The number of carbonyl (C=O) groups excluding carboxylic acids is 2. The molecular weight excluding hydrogens is 659 g/mol. The zero-order valence-electron chi connectivity index (χ0n) is 35.5. The highest BCUT2D eigenvalue weighted by Crippen LogP contribution is 2.16. The van der Waals surface area contributed by atoms with Gasteiger partial charge in [0.05, 0.1) is 25.4 Å². The van der Waals surface area contributed by atoms with Gasteiger partial charge in [-0.25, -0.2) is 0 Å². The lowest BCUT2D eigenvalue weighted by Gasteiger charge is -2.22. The van der Waals surface area contributed by atoms with Crippen molar-refractivity contribution >= 4 is 11.9 Å². The largest absolute Gasteiger partial charge is 0.466 e. The van der Waals surface area contributed by atoms with Crippen molar-refractivity contribution in [2.24, 2.45) is 0 Å². The summed E-state index contributed by atoms with van der Waals surface area (Å²) in [5.74, 6) is -0.0718. The number of carbonyl (C=O) groups is 2. The maximum absolute atomic E-state index is 12.4. The van der Waals surface area contributed by atoms with Crippen LogP contribution < -0.4 is 5.32 Å². The van der Waals surface area contributed by atoms with Gasteiger partial charge in [-0.2, -0.15) is 0 Å². The van der Waals surface area contributed by atoms with Gasteiger partial charge in [-0.05, 0) is 44.9 Å². The Morgan fingerprint density at radius 1 is 0.509 bits per heavy atom. The SMILES string of the molecule is CCCC/C=C\CCCCCCCC(=O)OCCCCCCCCCCCCCCC(=O)NC(CO)C(O)CCCCCCCCCCCCCCC. The van der Waals surface area contributed by atoms with Crippen LogP contribution in [0.5, 0.6) is 0 Å². The summed E-state index contributed by atoms with van der Waals surface area (Å²) >= 11 is 0. The minimum Gasteiger partial charge on any atom is -0.466 e. The molecule has 1 amide bonds. The zero-order valence-corrected chi connectivity index (χ0v) is 35.5. The molecule has 0 aromatic heterocycles. The highest BCUT2D eigenvalue weighted by atomic mass is 16.5. The second-order valence-corrected chi connectivity index (χ2v) is 16.1. The third kappa shape index (κ3) is 40.1. The van der Waals surface area contributed by atoms with Crippen LogP contribution in [0.1, 0.15) is 251 Å². The number of aliphatic hydroxyl groups excluding tert-OH is 2. The van der Waals surface area contributed by atoms with Crippen molar-refractivity contribution in [3.8, 4) is 0 Å². The molecule has 0 radical (unpaired) electrons. The summed E-state index contributed by atoms with van der Waals surface area (Å²) in [6, 6.07) is -0.551. The molecule has 0 aliphatic heterocycles. The molecule has 0 bridgehead atoms. The number of ether oxygens (including phenoxy) is 1. The molecule has 6 nitrogen and oxygen atoms in total. The smallest absolute Gasteiger partial charge is 0.305 e. The van der Waals surface area contributed by atoms with Crippen LogP contribution in [0.2, 0.25) is 0 Å². The van der Waals surface area contributed by atoms with E-state index in [1.165, 1.54) is 161 Å². The Morgan fingerprint density at radius 3 is 1.40 bits per heavy atom. The summed E-state index contributed by atoms with van der Waals surface area (Å²) in [6.45, 7) is 4.87. The van der Waals surface area contributed by atoms with Crippen LogP contribution in [0.3, 0.4) is 0 Å². The molecule has 53 heavy (non-hydrogen) atoms. The summed E-state index contributed by atoms with van der Waals surface area (Å²) in [4.78, 5) is 24.4. The van der Waals surface area contributed by atoms with Crippen molar-refractivity contribution in [1.82, 2.24) is 5.32 Å². The fourth-order valence-corrected chi connectivity index (χ4v) is 7.15. The number of aliphatic hydroxyl groups is 2. The van der Waals surface area contributed by atoms with Gasteiger partial charge in [-0.15, -0.1) is 0 Å². The molecule has 0 saturated carbocycles. The molecule has 3 N–H and O–H groups in total. The first-order valence-corrected chi connectivity index (χ1v) is 23.4. The number of unbranched alkanes of at least 4 members (excludes halogenated alkanes) is 30. The van der Waals surface area contributed by atoms with Crippen LogP contribution in [-0.2, 0) is 14.3 Å². The maximum Gasteiger partial charge on any atom is 0.305 e. The Labute approximate surface area is 329 Å². The molecule has 0 rings (SSSR count). The van der Waals surface area contributed by atoms with Crippen LogP contribution in [0.4, 0.5) is 0 Å². The highest BCUT2D eigenvalue weighted by Gasteiger charge is 2.20. The molecule has 0 aliphatic rings. The molecule has 2 unspecified atom stereocenters. The molecule has 0 aromatic carbocycles. The van der Waals surface area contributed by atoms with Crippen LogP contribution in [0, 0.1) is 0 Å². The summed E-state index contributed by atoms with van der Waals surface area (Å²) in [7, 11) is 0. The van der Waals surface area contributed by atoms with Gasteiger partial charge >= 0.3 is 5.97 Å². The summed E-state index contributed by atoms with van der Waals surface area (Å²) < 4.78 is 5.43. The lowest BCUT2D eigenvalue weighted by molar-refractivity contribution is -0.143. The van der Waals surface area contributed by atoms with Crippen LogP contribution in [-0.4, -0.2) is 47.4 Å². The third-order valence-corrected chi connectivity index (χ3v) is 10.8. The molecule has 6 heteroatoms. The number of hydrogen-bond acceptors (Lipinski definition) is 5. The van der Waals surface area contributed by atoms with E-state index in [2.05, 4.69) is 31.3 Å². The van der Waals surface area contributed by atoms with Crippen molar-refractivity contribution in [2.45, 2.75) is 264 Å². The van der Waals surface area contributed by atoms with E-state index in [0.29, 0.717) is 25.9 Å². The van der Waals surface area contributed by atoms with E-state index in [0.717, 1.165) is 57.8 Å². The van der Waals surface area contributed by atoms with Crippen LogP contribution in [0.25, 0.3) is 0 Å². The second-order valence-electron chi connectivity index (χ2n) is 16.1. The van der Waals surface area contributed by atoms with E-state index in [1.807, 2.05) is 0 Å². The number of amides is 1. The Morgan fingerprint density at radius 2 is 0.906 bits per heavy atom. The van der Waals surface area contributed by atoms with E-state index in [9.17, 15) is 19.8 Å². The monoisotopic (exact) mass is 750 g/mol. The Balaban J connectivity index is 3.47. The number of hydrogen-bond donors (Lipinski definition) is 3. The highest BCUT2D eigenvalue weighted by molar-refractivity contribution is 5.76. The predicted molar refractivity (Wildman–Crippen MR) is 227 cm³/mol. The molecule has 314 valence electrons. The minimum absolute atomic E-state index is 0.0205. The second kappa shape index (κ2) is 43.3. The van der Waals surface area contributed by atoms with Crippen molar-refractivity contribution in [1.29, 1.82) is 0 Å². The first kappa shape index (κ1) is 51.6. The topological polar surface area (TPSA) is 95.9 Å². The molecular formula is C47H91NO5. The standard InChI is InChI=1S/C47H91NO5/c1-3-5-7-9-11-13-15-16-20-23-27-31-35-39-45(50)44(43-49)48-46(51)40-36-32-28-24-21-17-18-22-26-30-34-38-42-53-47(52)41-37-33-29-25-19-14-12-10-8-6-4-2/h10,12,44-45,49-50H,3-9,11,13-43H2,1-2H3,(H,48,51)/b12-10-. The predicted octanol–water partition coefficient (Wildman–Crippen LogP) is 13.4. The molecule has 0 saturated heterocycles. The van der Waals surface area contributed by atoms with Gasteiger partial charge in [0.25, 0.3) is 0 Å². The van der Waals surface area contributed by atoms with E-state index < -0.39 is 12.1 Å².